The van der Waals surface area contributed by atoms with Crippen LogP contribution in [0.15, 0.2) is 66.0 Å². The molecule has 8 nitrogen and oxygen atoms in total. The number of nitrogens with zero attached hydrogens (tertiary/aromatic N) is 3. The summed E-state index contributed by atoms with van der Waals surface area (Å²) in [6, 6.07) is 17.9. The highest BCUT2D eigenvalue weighted by molar-refractivity contribution is 7.99. The van der Waals surface area contributed by atoms with E-state index in [1.807, 2.05) is 65.4 Å². The van der Waals surface area contributed by atoms with Gasteiger partial charge < -0.3 is 14.7 Å². The molecule has 0 aliphatic heterocycles. The molecule has 0 atom stereocenters. The van der Waals surface area contributed by atoms with Gasteiger partial charge >= 0.3 is 5.97 Å². The Balaban J connectivity index is 1.48. The first-order chi connectivity index (χ1) is 17.5. The fourth-order valence-electron chi connectivity index (χ4n) is 4.34. The van der Waals surface area contributed by atoms with Gasteiger partial charge in [0.1, 0.15) is 0 Å². The van der Waals surface area contributed by atoms with Gasteiger partial charge in [0.15, 0.2) is 16.8 Å². The van der Waals surface area contributed by atoms with Gasteiger partial charge in [-0.2, -0.15) is 0 Å². The Morgan fingerprint density at radius 3 is 2.56 bits per heavy atom. The maximum absolute atomic E-state index is 13.2. The number of esters is 1. The number of hydrogen-bond acceptors (Lipinski definition) is 6. The van der Waals surface area contributed by atoms with Crippen LogP contribution in [-0.2, 0) is 4.74 Å². The number of H-pyrrole nitrogens is 2. The molecule has 0 aliphatic rings. The van der Waals surface area contributed by atoms with E-state index in [0.717, 1.165) is 22.2 Å². The van der Waals surface area contributed by atoms with E-state index in [1.54, 1.807) is 20.8 Å². The van der Waals surface area contributed by atoms with E-state index in [2.05, 4.69) is 20.2 Å². The summed E-state index contributed by atoms with van der Waals surface area (Å²) < 4.78 is 7.11. The van der Waals surface area contributed by atoms with Gasteiger partial charge in [-0.3, -0.25) is 9.36 Å². The normalized spacial score (nSPS) is 11.2. The molecule has 0 radical (unpaired) electrons. The van der Waals surface area contributed by atoms with Gasteiger partial charge in [-0.05, 0) is 44.5 Å². The lowest BCUT2D eigenvalue weighted by Crippen LogP contribution is -2.09. The molecule has 0 saturated heterocycles. The fourth-order valence-corrected chi connectivity index (χ4v) is 5.17. The van der Waals surface area contributed by atoms with Gasteiger partial charge in [-0.1, -0.05) is 48.2 Å². The molecule has 9 heteroatoms. The van der Waals surface area contributed by atoms with Crippen LogP contribution in [0.2, 0.25) is 0 Å². The summed E-state index contributed by atoms with van der Waals surface area (Å²) in [4.78, 5) is 31.9. The van der Waals surface area contributed by atoms with Crippen molar-refractivity contribution in [2.24, 2.45) is 0 Å². The lowest BCUT2D eigenvalue weighted by atomic mass is 10.1. The van der Waals surface area contributed by atoms with Crippen LogP contribution in [0.25, 0.3) is 28.0 Å². The zero-order valence-corrected chi connectivity index (χ0v) is 21.0. The van der Waals surface area contributed by atoms with Crippen LogP contribution in [0.4, 0.5) is 0 Å². The van der Waals surface area contributed by atoms with Crippen molar-refractivity contribution in [3.05, 3.63) is 83.3 Å². The Morgan fingerprint density at radius 2 is 1.78 bits per heavy atom. The van der Waals surface area contributed by atoms with Crippen molar-refractivity contribution in [1.29, 1.82) is 0 Å². The van der Waals surface area contributed by atoms with Crippen LogP contribution in [-0.4, -0.2) is 48.8 Å². The third-order valence-electron chi connectivity index (χ3n) is 6.01. The number of aromatic amines is 2. The molecule has 5 aromatic rings. The van der Waals surface area contributed by atoms with E-state index in [0.29, 0.717) is 33.5 Å². The van der Waals surface area contributed by atoms with E-state index in [9.17, 15) is 9.59 Å². The van der Waals surface area contributed by atoms with Gasteiger partial charge in [0, 0.05) is 34.0 Å². The predicted molar refractivity (Wildman–Crippen MR) is 140 cm³/mol. The monoisotopic (exact) mass is 499 g/mol. The van der Waals surface area contributed by atoms with Gasteiger partial charge in [0.25, 0.3) is 0 Å². The summed E-state index contributed by atoms with van der Waals surface area (Å²) in [6.45, 7) is 5.55. The Hall–Kier alpha value is -4.11. The summed E-state index contributed by atoms with van der Waals surface area (Å²) in [6.07, 6.45) is 1.93. The van der Waals surface area contributed by atoms with Crippen molar-refractivity contribution >= 4 is 34.4 Å². The van der Waals surface area contributed by atoms with Crippen molar-refractivity contribution in [3.8, 4) is 17.1 Å². The first-order valence-electron chi connectivity index (χ1n) is 11.6. The van der Waals surface area contributed by atoms with Crippen LogP contribution in [0.3, 0.4) is 0 Å². The zero-order valence-electron chi connectivity index (χ0n) is 20.2. The number of hydrogen-bond donors (Lipinski definition) is 2. The quantitative estimate of drug-likeness (QED) is 0.166. The molecule has 0 aliphatic carbocycles. The van der Waals surface area contributed by atoms with Gasteiger partial charge in [-0.25, -0.2) is 4.79 Å². The number of nitrogens with one attached hydrogen (secondary N) is 2. The minimum Gasteiger partial charge on any atom is -0.462 e. The van der Waals surface area contributed by atoms with Crippen molar-refractivity contribution in [1.82, 2.24) is 24.7 Å². The third kappa shape index (κ3) is 4.22. The van der Waals surface area contributed by atoms with Crippen LogP contribution >= 0.6 is 11.8 Å². The smallest absolute Gasteiger partial charge is 0.340 e. The largest absolute Gasteiger partial charge is 0.462 e. The second kappa shape index (κ2) is 9.87. The minimum absolute atomic E-state index is 0.127. The van der Waals surface area contributed by atoms with Gasteiger partial charge in [0.2, 0.25) is 0 Å². The molecule has 0 saturated carbocycles. The molecule has 0 amide bonds. The Bertz CT molecular complexity index is 1570. The topological polar surface area (TPSA) is 106 Å². The second-order valence-electron chi connectivity index (χ2n) is 8.28. The average Bonchev–Trinajstić information content (AvgIpc) is 3.58. The Labute approximate surface area is 212 Å². The number of Topliss-reactive ketones (excluding diaryl/α,β-unsaturated/α-hetero) is 1. The van der Waals surface area contributed by atoms with Gasteiger partial charge in [0.05, 0.1) is 23.6 Å². The number of thioether (sulfide) groups is 1. The van der Waals surface area contributed by atoms with E-state index in [-0.39, 0.29) is 18.1 Å². The van der Waals surface area contributed by atoms with Crippen LogP contribution in [0.5, 0.6) is 0 Å². The van der Waals surface area contributed by atoms with Crippen LogP contribution in [0.1, 0.15) is 39.0 Å². The number of benzene rings is 2. The van der Waals surface area contributed by atoms with Gasteiger partial charge in [-0.15, -0.1) is 10.2 Å². The second-order valence-corrected chi connectivity index (χ2v) is 9.22. The molecule has 3 heterocycles. The molecule has 3 aromatic heterocycles. The van der Waals surface area contributed by atoms with E-state index in [4.69, 9.17) is 4.74 Å². The first kappa shape index (κ1) is 23.6. The third-order valence-corrected chi connectivity index (χ3v) is 6.94. The van der Waals surface area contributed by atoms with Crippen molar-refractivity contribution in [3.63, 3.8) is 0 Å². The Morgan fingerprint density at radius 1 is 1.03 bits per heavy atom. The average molecular weight is 500 g/mol. The fraction of sp³-hybridized carbons (Fsp3) is 0.185. The minimum atomic E-state index is -0.428. The maximum atomic E-state index is 13.2. The summed E-state index contributed by atoms with van der Waals surface area (Å²) in [5.41, 5.74) is 4.87. The molecule has 0 fully saturated rings. The molecular formula is C27H25N5O3S. The molecule has 2 aromatic carbocycles. The molecule has 2 N–H and O–H groups in total. The van der Waals surface area contributed by atoms with E-state index < -0.39 is 5.97 Å². The highest BCUT2D eigenvalue weighted by Crippen LogP contribution is 2.32. The van der Waals surface area contributed by atoms with Crippen LogP contribution in [0, 0.1) is 13.8 Å². The number of aryl methyl sites for hydroxylation is 1. The number of ketones is 1. The summed E-state index contributed by atoms with van der Waals surface area (Å²) >= 11 is 1.30. The Kier molecular flexibility index (Phi) is 6.47. The number of ether oxygens (including phenoxy) is 1. The number of fused-ring (bicyclic) bond motifs is 1. The molecular weight excluding hydrogens is 474 g/mol. The summed E-state index contributed by atoms with van der Waals surface area (Å²) in [5.74, 6) is 0.252. The molecule has 182 valence electrons. The number of carbonyl (C=O) groups is 2. The van der Waals surface area contributed by atoms with Crippen LogP contribution < -0.4 is 0 Å². The molecule has 36 heavy (non-hydrogen) atoms. The van der Waals surface area contributed by atoms with E-state index >= 15 is 0 Å². The number of rotatable bonds is 8. The predicted octanol–water partition coefficient (Wildman–Crippen LogP) is 5.51. The highest BCUT2D eigenvalue weighted by Gasteiger charge is 2.24. The molecule has 0 spiro atoms. The zero-order chi connectivity index (χ0) is 25.2. The number of para-hydroxylation sites is 2. The lowest BCUT2D eigenvalue weighted by molar-refractivity contribution is 0.0525. The number of aromatic nitrogens is 5. The van der Waals surface area contributed by atoms with Crippen molar-refractivity contribution < 1.29 is 14.3 Å². The van der Waals surface area contributed by atoms with Crippen molar-refractivity contribution in [2.45, 2.75) is 25.9 Å². The number of carbonyl (C=O) groups excluding carboxylic acids is 2. The molecule has 0 unspecified atom stereocenters. The lowest BCUT2D eigenvalue weighted by Gasteiger charge is -2.10. The summed E-state index contributed by atoms with van der Waals surface area (Å²) in [5, 5.41) is 10.6. The molecule has 5 rings (SSSR count). The van der Waals surface area contributed by atoms with E-state index in [1.165, 1.54) is 11.8 Å². The highest BCUT2D eigenvalue weighted by atomic mass is 32.2. The SMILES string of the molecule is CCOC(=O)c1c(C)[nH]c(C(=O)CSc2nnc(-c3c[nH]c4ccccc34)n2-c2ccccc2)c1C. The van der Waals surface area contributed by atoms with Crippen molar-refractivity contribution in [2.75, 3.05) is 12.4 Å². The summed E-state index contributed by atoms with van der Waals surface area (Å²) in [7, 11) is 0. The standard InChI is InChI=1S/C27H25N5O3S/c1-4-35-26(34)23-16(2)24(29-17(23)3)22(33)15-36-27-31-30-25(32(27)18-10-6-5-7-11-18)20-14-28-21-13-9-8-12-19(20)21/h5-14,28-29H,4,15H2,1-3H3. The maximum Gasteiger partial charge on any atom is 0.340 e. The first-order valence-corrected chi connectivity index (χ1v) is 12.6. The molecule has 0 bridgehead atoms.